The van der Waals surface area contributed by atoms with Gasteiger partial charge < -0.3 is 19.4 Å². The molecule has 1 amide bonds. The number of amides is 1. The molecular formula is C20H20Cl2N4O4S2. The summed E-state index contributed by atoms with van der Waals surface area (Å²) in [6, 6.07) is 6.65. The van der Waals surface area contributed by atoms with E-state index < -0.39 is 5.97 Å². The predicted molar refractivity (Wildman–Crippen MR) is 126 cm³/mol. The summed E-state index contributed by atoms with van der Waals surface area (Å²) < 4.78 is 12.4. The smallest absolute Gasteiger partial charge is 0.340 e. The van der Waals surface area contributed by atoms with Gasteiger partial charge in [0.2, 0.25) is 5.91 Å². The molecule has 2 heterocycles. The van der Waals surface area contributed by atoms with Gasteiger partial charge in [0, 0.05) is 22.5 Å². The van der Waals surface area contributed by atoms with Crippen LogP contribution in [0.25, 0.3) is 0 Å². The highest BCUT2D eigenvalue weighted by Gasteiger charge is 2.19. The van der Waals surface area contributed by atoms with E-state index in [2.05, 4.69) is 15.5 Å². The van der Waals surface area contributed by atoms with Crippen molar-refractivity contribution >= 4 is 63.2 Å². The van der Waals surface area contributed by atoms with E-state index in [-0.39, 0.29) is 18.3 Å². The van der Waals surface area contributed by atoms with Crippen molar-refractivity contribution in [2.24, 2.45) is 0 Å². The molecule has 32 heavy (non-hydrogen) atoms. The zero-order valence-electron chi connectivity index (χ0n) is 17.5. The number of anilines is 1. The molecule has 0 radical (unpaired) electrons. The summed E-state index contributed by atoms with van der Waals surface area (Å²) >= 11 is 14.7. The molecule has 2 aromatic heterocycles. The SMILES string of the molecule is CCn1c(COc2cc(Cl)ccc2Cl)nnc1SCC(=O)Nc1sc(C)cc1C(=O)OC. The molecular weight excluding hydrogens is 495 g/mol. The lowest BCUT2D eigenvalue weighted by molar-refractivity contribution is -0.113. The molecule has 170 valence electrons. The zero-order valence-corrected chi connectivity index (χ0v) is 20.6. The van der Waals surface area contributed by atoms with E-state index in [1.165, 1.54) is 30.2 Å². The predicted octanol–water partition coefficient (Wildman–Crippen LogP) is 5.07. The molecule has 0 bridgehead atoms. The first kappa shape index (κ1) is 24.4. The van der Waals surface area contributed by atoms with Crippen LogP contribution in [0.15, 0.2) is 29.4 Å². The van der Waals surface area contributed by atoms with E-state index >= 15 is 0 Å². The lowest BCUT2D eigenvalue weighted by Gasteiger charge is -2.10. The monoisotopic (exact) mass is 514 g/mol. The molecule has 0 saturated heterocycles. The highest BCUT2D eigenvalue weighted by Crippen LogP contribution is 2.30. The maximum atomic E-state index is 12.5. The minimum absolute atomic E-state index is 0.0939. The van der Waals surface area contributed by atoms with E-state index in [0.29, 0.717) is 43.9 Å². The lowest BCUT2D eigenvalue weighted by Crippen LogP contribution is -2.16. The Bertz CT molecular complexity index is 1130. The molecule has 0 atom stereocenters. The van der Waals surface area contributed by atoms with E-state index in [1.54, 1.807) is 24.3 Å². The molecule has 0 aliphatic carbocycles. The minimum Gasteiger partial charge on any atom is -0.484 e. The molecule has 0 unspecified atom stereocenters. The molecule has 3 rings (SSSR count). The minimum atomic E-state index is -0.493. The maximum Gasteiger partial charge on any atom is 0.340 e. The number of nitrogens with zero attached hydrogens (tertiary/aromatic N) is 3. The van der Waals surface area contributed by atoms with Crippen LogP contribution in [0.3, 0.4) is 0 Å². The summed E-state index contributed by atoms with van der Waals surface area (Å²) in [6.07, 6.45) is 0. The van der Waals surface area contributed by atoms with Gasteiger partial charge in [-0.2, -0.15) is 0 Å². The lowest BCUT2D eigenvalue weighted by atomic mass is 10.3. The molecule has 0 spiro atoms. The Kier molecular flexibility index (Phi) is 8.41. The Balaban J connectivity index is 1.62. The summed E-state index contributed by atoms with van der Waals surface area (Å²) in [6.45, 7) is 4.53. The fraction of sp³-hybridized carbons (Fsp3) is 0.300. The number of rotatable bonds is 9. The van der Waals surface area contributed by atoms with Crippen LogP contribution in [-0.4, -0.2) is 39.5 Å². The number of carbonyl (C=O) groups is 2. The van der Waals surface area contributed by atoms with Crippen LogP contribution in [-0.2, 0) is 22.7 Å². The van der Waals surface area contributed by atoms with Gasteiger partial charge >= 0.3 is 5.97 Å². The number of thioether (sulfide) groups is 1. The van der Waals surface area contributed by atoms with Crippen molar-refractivity contribution in [3.8, 4) is 5.75 Å². The number of thiophene rings is 1. The number of hydrogen-bond donors (Lipinski definition) is 1. The van der Waals surface area contributed by atoms with Crippen molar-refractivity contribution in [2.45, 2.75) is 32.2 Å². The van der Waals surface area contributed by atoms with Crippen LogP contribution < -0.4 is 10.1 Å². The number of benzene rings is 1. The second-order valence-electron chi connectivity index (χ2n) is 6.43. The summed E-state index contributed by atoms with van der Waals surface area (Å²) in [5.74, 6) is 0.374. The number of aryl methyl sites for hydroxylation is 1. The highest BCUT2D eigenvalue weighted by molar-refractivity contribution is 7.99. The first-order valence-corrected chi connectivity index (χ1v) is 12.0. The highest BCUT2D eigenvalue weighted by atomic mass is 35.5. The molecule has 3 aromatic rings. The number of ether oxygens (including phenoxy) is 2. The maximum absolute atomic E-state index is 12.5. The Labute approximate surface area is 203 Å². The van der Waals surface area contributed by atoms with Crippen LogP contribution in [0.2, 0.25) is 10.0 Å². The van der Waals surface area contributed by atoms with Crippen LogP contribution in [0.5, 0.6) is 5.75 Å². The van der Waals surface area contributed by atoms with Gasteiger partial charge in [0.25, 0.3) is 0 Å². The van der Waals surface area contributed by atoms with Crippen molar-refractivity contribution in [2.75, 3.05) is 18.2 Å². The van der Waals surface area contributed by atoms with Crippen molar-refractivity contribution < 1.29 is 19.1 Å². The molecule has 1 N–H and O–H groups in total. The van der Waals surface area contributed by atoms with Crippen molar-refractivity contribution in [3.05, 3.63) is 50.6 Å². The number of aromatic nitrogens is 3. The van der Waals surface area contributed by atoms with Crippen molar-refractivity contribution in [1.29, 1.82) is 0 Å². The van der Waals surface area contributed by atoms with Crippen molar-refractivity contribution in [3.63, 3.8) is 0 Å². The summed E-state index contributed by atoms with van der Waals surface area (Å²) in [5, 5.41) is 13.1. The van der Waals surface area contributed by atoms with E-state index in [4.69, 9.17) is 32.7 Å². The molecule has 1 aromatic carbocycles. The molecule has 0 saturated carbocycles. The number of methoxy groups -OCH3 is 1. The van der Waals surface area contributed by atoms with Gasteiger partial charge in [0.1, 0.15) is 17.4 Å². The summed E-state index contributed by atoms with van der Waals surface area (Å²) in [4.78, 5) is 25.2. The quantitative estimate of drug-likeness (QED) is 0.314. The summed E-state index contributed by atoms with van der Waals surface area (Å²) in [5.41, 5.74) is 0.337. The van der Waals surface area contributed by atoms with Gasteiger partial charge in [-0.15, -0.1) is 21.5 Å². The number of carbonyl (C=O) groups excluding carboxylic acids is 2. The first-order chi connectivity index (χ1) is 15.3. The van der Waals surface area contributed by atoms with Gasteiger partial charge in [-0.3, -0.25) is 4.79 Å². The third-order valence-corrected chi connectivity index (χ3v) is 6.69. The third-order valence-electron chi connectivity index (χ3n) is 4.21. The fourth-order valence-corrected chi connectivity index (χ4v) is 4.81. The summed E-state index contributed by atoms with van der Waals surface area (Å²) in [7, 11) is 1.30. The molecule has 12 heteroatoms. The van der Waals surface area contributed by atoms with Gasteiger partial charge in [-0.05, 0) is 32.0 Å². The number of halogens is 2. The molecule has 0 aliphatic heterocycles. The van der Waals surface area contributed by atoms with E-state index in [0.717, 1.165) is 4.88 Å². The largest absolute Gasteiger partial charge is 0.484 e. The van der Waals surface area contributed by atoms with Crippen LogP contribution in [0.1, 0.15) is 28.0 Å². The first-order valence-electron chi connectivity index (χ1n) is 9.43. The van der Waals surface area contributed by atoms with Crippen LogP contribution in [0, 0.1) is 6.92 Å². The number of esters is 1. The van der Waals surface area contributed by atoms with Crippen LogP contribution >= 0.6 is 46.3 Å². The van der Waals surface area contributed by atoms with Gasteiger partial charge in [-0.1, -0.05) is 35.0 Å². The van der Waals surface area contributed by atoms with E-state index in [9.17, 15) is 9.59 Å². The van der Waals surface area contributed by atoms with Gasteiger partial charge in [-0.25, -0.2) is 4.79 Å². The Hall–Kier alpha value is -2.27. The standard InChI is InChI=1S/C20H20Cl2N4O4S2/c1-4-26-16(9-30-15-8-12(21)5-6-14(15)22)24-25-20(26)31-10-17(27)23-18-13(19(28)29-3)7-11(2)32-18/h5-8H,4,9-10H2,1-3H3,(H,23,27). The average molecular weight is 515 g/mol. The molecule has 0 aliphatic rings. The average Bonchev–Trinajstić information content (AvgIpc) is 3.34. The number of hydrogen-bond acceptors (Lipinski definition) is 8. The Morgan fingerprint density at radius 1 is 1.25 bits per heavy atom. The fourth-order valence-electron chi connectivity index (χ4n) is 2.74. The normalized spacial score (nSPS) is 10.8. The van der Waals surface area contributed by atoms with Gasteiger partial charge in [0.15, 0.2) is 11.0 Å². The van der Waals surface area contributed by atoms with Crippen molar-refractivity contribution in [1.82, 2.24) is 14.8 Å². The second kappa shape index (κ2) is 11.0. The number of nitrogens with one attached hydrogen (secondary N) is 1. The Morgan fingerprint density at radius 3 is 2.75 bits per heavy atom. The second-order valence-corrected chi connectivity index (χ2v) is 9.48. The van der Waals surface area contributed by atoms with Gasteiger partial charge in [0.05, 0.1) is 23.4 Å². The third kappa shape index (κ3) is 5.94. The van der Waals surface area contributed by atoms with E-state index in [1.807, 2.05) is 18.4 Å². The van der Waals surface area contributed by atoms with Crippen LogP contribution in [0.4, 0.5) is 5.00 Å². The molecule has 0 fully saturated rings. The molecule has 8 nitrogen and oxygen atoms in total. The topological polar surface area (TPSA) is 95.3 Å². The zero-order chi connectivity index (χ0) is 23.3. The Morgan fingerprint density at radius 2 is 2.03 bits per heavy atom.